The third-order valence-electron chi connectivity index (χ3n) is 3.00. The lowest BCUT2D eigenvalue weighted by Gasteiger charge is -2.26. The van der Waals surface area contributed by atoms with E-state index in [4.69, 9.17) is 4.74 Å². The molecule has 1 fully saturated rings. The highest BCUT2D eigenvalue weighted by Gasteiger charge is 2.08. The summed E-state index contributed by atoms with van der Waals surface area (Å²) in [4.78, 5) is 3.81. The summed E-state index contributed by atoms with van der Waals surface area (Å²) in [7, 11) is 0. The van der Waals surface area contributed by atoms with E-state index in [0.29, 0.717) is 0 Å². The molecule has 0 spiro atoms. The van der Waals surface area contributed by atoms with Crippen molar-refractivity contribution in [3.63, 3.8) is 0 Å². The summed E-state index contributed by atoms with van der Waals surface area (Å²) < 4.78 is 5.33. The summed E-state index contributed by atoms with van der Waals surface area (Å²) in [6.45, 7) is 7.24. The maximum absolute atomic E-state index is 5.33. The average molecular weight is 266 g/mol. The van der Waals surface area contributed by atoms with E-state index in [1.807, 2.05) is 11.8 Å². The van der Waals surface area contributed by atoms with E-state index in [9.17, 15) is 0 Å². The normalized spacial score (nSPS) is 16.9. The second-order valence-corrected chi connectivity index (χ2v) is 5.53. The van der Waals surface area contributed by atoms with Crippen molar-refractivity contribution in [2.24, 2.45) is 0 Å². The maximum atomic E-state index is 5.33. The van der Waals surface area contributed by atoms with Crippen molar-refractivity contribution in [1.82, 2.24) is 10.2 Å². The Kier molecular flexibility index (Phi) is 6.58. The fraction of sp³-hybridized carbons (Fsp3) is 0.571. The number of morpholine rings is 1. The molecule has 0 aliphatic carbocycles. The molecular formula is C14H22N2OS. The highest BCUT2D eigenvalue weighted by molar-refractivity contribution is 7.99. The molecule has 1 N–H and O–H groups in total. The first kappa shape index (κ1) is 13.9. The van der Waals surface area contributed by atoms with Crippen LogP contribution in [0.25, 0.3) is 0 Å². The van der Waals surface area contributed by atoms with Crippen LogP contribution in [0, 0.1) is 0 Å². The molecule has 0 aromatic heterocycles. The summed E-state index contributed by atoms with van der Waals surface area (Å²) in [6.07, 6.45) is 0. The van der Waals surface area contributed by atoms with Crippen LogP contribution in [0.15, 0.2) is 35.2 Å². The summed E-state index contributed by atoms with van der Waals surface area (Å²) in [6, 6.07) is 10.6. The Balaban J connectivity index is 1.46. The zero-order valence-electron chi connectivity index (χ0n) is 10.8. The number of hydrogen-bond donors (Lipinski definition) is 1. The molecule has 0 atom stereocenters. The van der Waals surface area contributed by atoms with Crippen molar-refractivity contribution >= 4 is 11.8 Å². The summed E-state index contributed by atoms with van der Waals surface area (Å²) in [5, 5.41) is 3.50. The van der Waals surface area contributed by atoms with Gasteiger partial charge in [0.2, 0.25) is 0 Å². The predicted molar refractivity (Wildman–Crippen MR) is 77.3 cm³/mol. The molecule has 1 aromatic rings. The van der Waals surface area contributed by atoms with Crippen molar-refractivity contribution in [1.29, 1.82) is 0 Å². The Morgan fingerprint density at radius 1 is 1.11 bits per heavy atom. The molecule has 0 unspecified atom stereocenters. The molecular weight excluding hydrogens is 244 g/mol. The van der Waals surface area contributed by atoms with Crippen LogP contribution < -0.4 is 5.32 Å². The second kappa shape index (κ2) is 8.53. The summed E-state index contributed by atoms with van der Waals surface area (Å²) in [5.41, 5.74) is 0. The molecule has 1 saturated heterocycles. The largest absolute Gasteiger partial charge is 0.379 e. The van der Waals surface area contributed by atoms with Gasteiger partial charge >= 0.3 is 0 Å². The number of thioether (sulfide) groups is 1. The Labute approximate surface area is 114 Å². The van der Waals surface area contributed by atoms with Gasteiger partial charge in [0.1, 0.15) is 0 Å². The van der Waals surface area contributed by atoms with Crippen molar-refractivity contribution in [3.05, 3.63) is 30.3 Å². The lowest BCUT2D eigenvalue weighted by Crippen LogP contribution is -2.40. The third kappa shape index (κ3) is 5.40. The van der Waals surface area contributed by atoms with Crippen molar-refractivity contribution in [2.45, 2.75) is 4.90 Å². The SMILES string of the molecule is c1ccc(SCCNCCN2CCOCC2)cc1. The Morgan fingerprint density at radius 3 is 2.67 bits per heavy atom. The minimum Gasteiger partial charge on any atom is -0.379 e. The first-order valence-corrected chi connectivity index (χ1v) is 7.62. The summed E-state index contributed by atoms with van der Waals surface area (Å²) >= 11 is 1.91. The molecule has 100 valence electrons. The van der Waals surface area contributed by atoms with Crippen LogP contribution in [0.1, 0.15) is 0 Å². The van der Waals surface area contributed by atoms with Crippen molar-refractivity contribution in [2.75, 3.05) is 51.7 Å². The predicted octanol–water partition coefficient (Wildman–Crippen LogP) is 1.70. The van der Waals surface area contributed by atoms with Gasteiger partial charge in [-0.2, -0.15) is 0 Å². The monoisotopic (exact) mass is 266 g/mol. The number of hydrogen-bond acceptors (Lipinski definition) is 4. The van der Waals surface area contributed by atoms with Crippen LogP contribution in [-0.2, 0) is 4.74 Å². The first-order valence-electron chi connectivity index (χ1n) is 6.64. The molecule has 2 rings (SSSR count). The van der Waals surface area contributed by atoms with Gasteiger partial charge in [0, 0.05) is 43.4 Å². The molecule has 4 heteroatoms. The van der Waals surface area contributed by atoms with Gasteiger partial charge in [-0.25, -0.2) is 0 Å². The second-order valence-electron chi connectivity index (χ2n) is 4.37. The van der Waals surface area contributed by atoms with Crippen LogP contribution in [0.2, 0.25) is 0 Å². The summed E-state index contributed by atoms with van der Waals surface area (Å²) in [5.74, 6) is 1.13. The van der Waals surface area contributed by atoms with E-state index < -0.39 is 0 Å². The lowest BCUT2D eigenvalue weighted by molar-refractivity contribution is 0.0385. The number of ether oxygens (including phenoxy) is 1. The van der Waals surface area contributed by atoms with Crippen molar-refractivity contribution in [3.8, 4) is 0 Å². The third-order valence-corrected chi connectivity index (χ3v) is 4.01. The molecule has 0 radical (unpaired) electrons. The van der Waals surface area contributed by atoms with Gasteiger partial charge in [-0.3, -0.25) is 4.90 Å². The molecule has 0 saturated carbocycles. The fourth-order valence-electron chi connectivity index (χ4n) is 1.94. The van der Waals surface area contributed by atoms with Gasteiger partial charge in [0.05, 0.1) is 13.2 Å². The minimum absolute atomic E-state index is 0.893. The molecule has 18 heavy (non-hydrogen) atoms. The van der Waals surface area contributed by atoms with E-state index in [-0.39, 0.29) is 0 Å². The highest BCUT2D eigenvalue weighted by Crippen LogP contribution is 2.15. The number of rotatable bonds is 7. The van der Waals surface area contributed by atoms with E-state index >= 15 is 0 Å². The van der Waals surface area contributed by atoms with Crippen LogP contribution >= 0.6 is 11.8 Å². The zero-order valence-corrected chi connectivity index (χ0v) is 11.6. The molecule has 3 nitrogen and oxygen atoms in total. The molecule has 1 aliphatic heterocycles. The lowest BCUT2D eigenvalue weighted by atomic mass is 10.4. The Hall–Kier alpha value is -0.550. The van der Waals surface area contributed by atoms with Crippen molar-refractivity contribution < 1.29 is 4.74 Å². The Bertz CT molecular complexity index is 315. The smallest absolute Gasteiger partial charge is 0.0594 e. The molecule has 1 heterocycles. The number of nitrogens with one attached hydrogen (secondary N) is 1. The fourth-order valence-corrected chi connectivity index (χ4v) is 2.78. The quantitative estimate of drug-likeness (QED) is 0.600. The average Bonchev–Trinajstić information content (AvgIpc) is 2.45. The van der Waals surface area contributed by atoms with Gasteiger partial charge in [-0.15, -0.1) is 11.8 Å². The molecule has 1 aromatic carbocycles. The van der Waals surface area contributed by atoms with Crippen LogP contribution in [0.5, 0.6) is 0 Å². The van der Waals surface area contributed by atoms with Gasteiger partial charge in [-0.1, -0.05) is 18.2 Å². The van der Waals surface area contributed by atoms with Gasteiger partial charge < -0.3 is 10.1 Å². The maximum Gasteiger partial charge on any atom is 0.0594 e. The highest BCUT2D eigenvalue weighted by atomic mass is 32.2. The first-order chi connectivity index (χ1) is 8.95. The Morgan fingerprint density at radius 2 is 1.89 bits per heavy atom. The molecule has 0 amide bonds. The van der Waals surface area contributed by atoms with Gasteiger partial charge in [0.25, 0.3) is 0 Å². The van der Waals surface area contributed by atoms with E-state index in [1.165, 1.54) is 4.90 Å². The molecule has 1 aliphatic rings. The van der Waals surface area contributed by atoms with Crippen LogP contribution in [-0.4, -0.2) is 56.6 Å². The topological polar surface area (TPSA) is 24.5 Å². The van der Waals surface area contributed by atoms with Crippen LogP contribution in [0.3, 0.4) is 0 Å². The molecule has 0 bridgehead atoms. The van der Waals surface area contributed by atoms with Crippen LogP contribution in [0.4, 0.5) is 0 Å². The van der Waals surface area contributed by atoms with E-state index in [1.54, 1.807) is 0 Å². The van der Waals surface area contributed by atoms with E-state index in [2.05, 4.69) is 40.5 Å². The van der Waals surface area contributed by atoms with Gasteiger partial charge in [-0.05, 0) is 12.1 Å². The standard InChI is InChI=1S/C14H22N2OS/c1-2-4-14(5-3-1)18-13-7-15-6-8-16-9-11-17-12-10-16/h1-5,15H,6-13H2. The van der Waals surface area contributed by atoms with E-state index in [0.717, 1.165) is 51.7 Å². The zero-order chi connectivity index (χ0) is 12.5. The minimum atomic E-state index is 0.893. The number of benzene rings is 1. The number of nitrogens with zero attached hydrogens (tertiary/aromatic N) is 1. The van der Waals surface area contributed by atoms with Gasteiger partial charge in [0.15, 0.2) is 0 Å².